The van der Waals surface area contributed by atoms with Crippen molar-refractivity contribution in [2.24, 2.45) is 0 Å². The predicted molar refractivity (Wildman–Crippen MR) is 81.9 cm³/mol. The maximum atomic E-state index is 11.8. The zero-order valence-electron chi connectivity index (χ0n) is 11.0. The molecule has 21 heavy (non-hydrogen) atoms. The highest BCUT2D eigenvalue weighted by Gasteiger charge is 2.14. The van der Waals surface area contributed by atoms with Crippen molar-refractivity contribution in [2.75, 3.05) is 12.4 Å². The Kier molecular flexibility index (Phi) is 3.76. The van der Waals surface area contributed by atoms with Crippen LogP contribution in [0, 0.1) is 0 Å². The second-order valence-corrected chi connectivity index (χ2v) is 5.98. The summed E-state index contributed by atoms with van der Waals surface area (Å²) in [6.45, 7) is 0.578. The Morgan fingerprint density at radius 2 is 2.33 bits per heavy atom. The third-order valence-electron chi connectivity index (χ3n) is 2.95. The molecule has 0 fully saturated rings. The summed E-state index contributed by atoms with van der Waals surface area (Å²) in [5, 5.41) is 10.8. The van der Waals surface area contributed by atoms with E-state index in [0.717, 1.165) is 16.0 Å². The highest BCUT2D eigenvalue weighted by molar-refractivity contribution is 7.15. The number of nitrogens with one attached hydrogen (secondary N) is 2. The van der Waals surface area contributed by atoms with Crippen LogP contribution in [0.4, 0.5) is 5.69 Å². The summed E-state index contributed by atoms with van der Waals surface area (Å²) in [5.41, 5.74) is 1.90. The van der Waals surface area contributed by atoms with Gasteiger partial charge in [-0.15, -0.1) is 11.3 Å². The van der Waals surface area contributed by atoms with Crippen LogP contribution in [0.3, 0.4) is 0 Å². The molecule has 3 rings (SSSR count). The molecule has 0 bridgehead atoms. The minimum Gasteiger partial charge on any atom is -0.465 e. The molecule has 6 nitrogen and oxygen atoms in total. The average molecular weight is 323 g/mol. The Labute approximate surface area is 129 Å². The first kappa shape index (κ1) is 13.8. The van der Waals surface area contributed by atoms with E-state index in [-0.39, 0.29) is 0 Å². The van der Waals surface area contributed by atoms with Gasteiger partial charge in [0.15, 0.2) is 4.47 Å². The second kappa shape index (κ2) is 5.71. The Bertz CT molecular complexity index is 798. The topological polar surface area (TPSA) is 79.9 Å². The first-order valence-electron chi connectivity index (χ1n) is 6.07. The van der Waals surface area contributed by atoms with Crippen LogP contribution in [0.1, 0.15) is 15.2 Å². The van der Waals surface area contributed by atoms with E-state index in [1.54, 1.807) is 18.5 Å². The number of aromatic nitrogens is 3. The highest BCUT2D eigenvalue weighted by atomic mass is 35.5. The molecule has 8 heteroatoms. The number of benzene rings is 1. The Balaban J connectivity index is 1.89. The van der Waals surface area contributed by atoms with Crippen molar-refractivity contribution in [3.8, 4) is 0 Å². The van der Waals surface area contributed by atoms with Crippen LogP contribution in [0.25, 0.3) is 10.9 Å². The second-order valence-electron chi connectivity index (χ2n) is 4.28. The van der Waals surface area contributed by atoms with E-state index in [2.05, 4.69) is 20.5 Å². The Hall–Kier alpha value is -2.12. The minimum absolute atomic E-state index is 0.409. The van der Waals surface area contributed by atoms with Crippen molar-refractivity contribution in [2.45, 2.75) is 6.54 Å². The van der Waals surface area contributed by atoms with Gasteiger partial charge in [0, 0.05) is 22.1 Å². The molecule has 0 saturated heterocycles. The van der Waals surface area contributed by atoms with Crippen LogP contribution in [0.15, 0.2) is 24.5 Å². The van der Waals surface area contributed by atoms with Crippen molar-refractivity contribution in [3.63, 3.8) is 0 Å². The lowest BCUT2D eigenvalue weighted by atomic mass is 10.1. The third-order valence-corrected chi connectivity index (χ3v) is 4.06. The molecule has 0 radical (unpaired) electrons. The van der Waals surface area contributed by atoms with E-state index in [4.69, 9.17) is 16.3 Å². The van der Waals surface area contributed by atoms with E-state index in [0.29, 0.717) is 22.1 Å². The number of halogens is 1. The first-order valence-corrected chi connectivity index (χ1v) is 7.26. The fourth-order valence-electron chi connectivity index (χ4n) is 1.99. The van der Waals surface area contributed by atoms with Gasteiger partial charge in [0.25, 0.3) is 0 Å². The SMILES string of the molecule is COC(=O)c1cc(NCc2cnc(Cl)s2)cc2cn[nH]c12. The molecule has 108 valence electrons. The van der Waals surface area contributed by atoms with Gasteiger partial charge in [-0.25, -0.2) is 9.78 Å². The number of hydrogen-bond acceptors (Lipinski definition) is 6. The molecule has 0 aliphatic carbocycles. The number of carbonyl (C=O) groups is 1. The molecular formula is C13H11ClN4O2S. The number of ether oxygens (including phenoxy) is 1. The van der Waals surface area contributed by atoms with Crippen LogP contribution in [-0.4, -0.2) is 28.3 Å². The molecule has 0 aliphatic heterocycles. The summed E-state index contributed by atoms with van der Waals surface area (Å²) in [5.74, 6) is -0.409. The van der Waals surface area contributed by atoms with Crippen LogP contribution < -0.4 is 5.32 Å². The van der Waals surface area contributed by atoms with Crippen molar-refractivity contribution in [3.05, 3.63) is 39.4 Å². The van der Waals surface area contributed by atoms with E-state index in [1.807, 2.05) is 6.07 Å². The van der Waals surface area contributed by atoms with Gasteiger partial charge in [-0.3, -0.25) is 5.10 Å². The number of hydrogen-bond donors (Lipinski definition) is 2. The zero-order chi connectivity index (χ0) is 14.8. The van der Waals surface area contributed by atoms with Crippen molar-refractivity contribution in [1.82, 2.24) is 15.2 Å². The summed E-state index contributed by atoms with van der Waals surface area (Å²) in [4.78, 5) is 16.8. The van der Waals surface area contributed by atoms with Gasteiger partial charge in [0.05, 0.1) is 30.9 Å². The number of esters is 1. The zero-order valence-corrected chi connectivity index (χ0v) is 12.6. The standard InChI is InChI=1S/C13H11ClN4O2S/c1-20-12(19)10-3-8(2-7-4-17-18-11(7)10)15-5-9-6-16-13(14)21-9/h2-4,6,15H,5H2,1H3,(H,17,18). The molecule has 0 saturated carbocycles. The maximum absolute atomic E-state index is 11.8. The molecule has 2 heterocycles. The van der Waals surface area contributed by atoms with Gasteiger partial charge >= 0.3 is 5.97 Å². The van der Waals surface area contributed by atoms with Gasteiger partial charge in [0.1, 0.15) is 0 Å². The third kappa shape index (κ3) is 2.84. The van der Waals surface area contributed by atoms with E-state index in [1.165, 1.54) is 18.4 Å². The number of nitrogens with zero attached hydrogens (tertiary/aromatic N) is 2. The van der Waals surface area contributed by atoms with Crippen LogP contribution in [-0.2, 0) is 11.3 Å². The normalized spacial score (nSPS) is 10.8. The molecule has 0 aliphatic rings. The monoisotopic (exact) mass is 322 g/mol. The fourth-order valence-corrected chi connectivity index (χ4v) is 2.90. The molecule has 0 spiro atoms. The number of aromatic amines is 1. The number of thiazole rings is 1. The van der Waals surface area contributed by atoms with Gasteiger partial charge in [-0.1, -0.05) is 11.6 Å². The Morgan fingerprint density at radius 1 is 1.48 bits per heavy atom. The first-order chi connectivity index (χ1) is 10.2. The van der Waals surface area contributed by atoms with Crippen molar-refractivity contribution < 1.29 is 9.53 Å². The van der Waals surface area contributed by atoms with Crippen LogP contribution in [0.5, 0.6) is 0 Å². The van der Waals surface area contributed by atoms with Crippen molar-refractivity contribution in [1.29, 1.82) is 0 Å². The summed E-state index contributed by atoms with van der Waals surface area (Å²) < 4.78 is 5.30. The molecule has 3 aromatic rings. The van der Waals surface area contributed by atoms with Gasteiger partial charge in [0.2, 0.25) is 0 Å². The molecule has 1 aromatic carbocycles. The lowest BCUT2D eigenvalue weighted by molar-refractivity contribution is 0.0603. The van der Waals surface area contributed by atoms with Gasteiger partial charge in [-0.2, -0.15) is 5.10 Å². The summed E-state index contributed by atoms with van der Waals surface area (Å²) in [6.07, 6.45) is 3.38. The lowest BCUT2D eigenvalue weighted by Gasteiger charge is -2.08. The molecule has 0 atom stereocenters. The highest BCUT2D eigenvalue weighted by Crippen LogP contribution is 2.24. The van der Waals surface area contributed by atoms with Gasteiger partial charge < -0.3 is 10.1 Å². The maximum Gasteiger partial charge on any atom is 0.340 e. The summed E-state index contributed by atoms with van der Waals surface area (Å²) >= 11 is 7.21. The summed E-state index contributed by atoms with van der Waals surface area (Å²) in [7, 11) is 1.35. The molecule has 0 amide bonds. The number of rotatable bonds is 4. The largest absolute Gasteiger partial charge is 0.465 e. The number of anilines is 1. The lowest BCUT2D eigenvalue weighted by Crippen LogP contribution is -2.04. The van der Waals surface area contributed by atoms with Crippen LogP contribution >= 0.6 is 22.9 Å². The smallest absolute Gasteiger partial charge is 0.340 e. The fraction of sp³-hybridized carbons (Fsp3) is 0.154. The minimum atomic E-state index is -0.409. The number of H-pyrrole nitrogens is 1. The number of methoxy groups -OCH3 is 1. The molecule has 0 unspecified atom stereocenters. The van der Waals surface area contributed by atoms with E-state index < -0.39 is 5.97 Å². The van der Waals surface area contributed by atoms with Crippen molar-refractivity contribution >= 4 is 45.5 Å². The average Bonchev–Trinajstić information content (AvgIpc) is 3.11. The Morgan fingerprint density at radius 3 is 3.05 bits per heavy atom. The number of carbonyl (C=O) groups excluding carboxylic acids is 1. The predicted octanol–water partition coefficient (Wildman–Crippen LogP) is 3.07. The summed E-state index contributed by atoms with van der Waals surface area (Å²) in [6, 6.07) is 3.64. The molecular weight excluding hydrogens is 312 g/mol. The quantitative estimate of drug-likeness (QED) is 0.722. The van der Waals surface area contributed by atoms with E-state index >= 15 is 0 Å². The van der Waals surface area contributed by atoms with E-state index in [9.17, 15) is 4.79 Å². The van der Waals surface area contributed by atoms with Gasteiger partial charge in [-0.05, 0) is 12.1 Å². The molecule has 2 N–H and O–H groups in total. The number of fused-ring (bicyclic) bond motifs is 1. The van der Waals surface area contributed by atoms with Crippen LogP contribution in [0.2, 0.25) is 4.47 Å². The molecule has 2 aromatic heterocycles.